The molecule has 1 aliphatic carbocycles. The molecule has 0 bridgehead atoms. The summed E-state index contributed by atoms with van der Waals surface area (Å²) in [5.74, 6) is -0.726. The number of likely N-dealkylation sites (tertiary alicyclic amines) is 1. The normalized spacial score (nSPS) is 20.6. The Labute approximate surface area is 172 Å². The van der Waals surface area contributed by atoms with Crippen LogP contribution < -0.4 is 10.6 Å². The molecule has 1 unspecified atom stereocenters. The predicted octanol–water partition coefficient (Wildman–Crippen LogP) is 1.50. The summed E-state index contributed by atoms with van der Waals surface area (Å²) in [7, 11) is 0. The smallest absolute Gasteiger partial charge is 0.321 e. The number of amides is 5. The van der Waals surface area contributed by atoms with Gasteiger partial charge in [-0.3, -0.25) is 24.9 Å². The molecule has 1 aliphatic heterocycles. The average Bonchev–Trinajstić information content (AvgIpc) is 3.36. The first-order valence-electron chi connectivity index (χ1n) is 10.6. The molecule has 3 N–H and O–H groups in total. The van der Waals surface area contributed by atoms with Gasteiger partial charge in [-0.25, -0.2) is 9.86 Å². The number of nitrogens with one attached hydrogen (secondary N) is 2. The number of nitrogens with zero attached hydrogens (tertiary/aromatic N) is 2. The minimum atomic E-state index is -0.703. The Morgan fingerprint density at radius 2 is 1.86 bits per heavy atom. The molecule has 2 atom stereocenters. The Bertz CT molecular complexity index is 591. The van der Waals surface area contributed by atoms with Gasteiger partial charge in [-0.1, -0.05) is 26.7 Å². The van der Waals surface area contributed by atoms with Gasteiger partial charge in [0.05, 0.1) is 12.5 Å². The fraction of sp³-hybridized carbons (Fsp3) is 0.800. The second-order valence-corrected chi connectivity index (χ2v) is 8.50. The minimum absolute atomic E-state index is 0.0759. The second-order valence-electron chi connectivity index (χ2n) is 8.50. The number of carbonyl (C=O) groups is 4. The molecule has 0 spiro atoms. The van der Waals surface area contributed by atoms with Crippen molar-refractivity contribution >= 4 is 24.3 Å². The van der Waals surface area contributed by atoms with Crippen molar-refractivity contribution in [2.75, 3.05) is 19.6 Å². The fourth-order valence-corrected chi connectivity index (χ4v) is 4.26. The van der Waals surface area contributed by atoms with Gasteiger partial charge in [-0.15, -0.1) is 0 Å². The Morgan fingerprint density at radius 3 is 2.48 bits per heavy atom. The maximum absolute atomic E-state index is 13.2. The lowest BCUT2D eigenvalue weighted by Crippen LogP contribution is -2.52. The monoisotopic (exact) mass is 410 g/mol. The largest absolute Gasteiger partial charge is 0.338 e. The molecule has 2 aliphatic rings. The van der Waals surface area contributed by atoms with E-state index < -0.39 is 23.9 Å². The van der Waals surface area contributed by atoms with Gasteiger partial charge >= 0.3 is 6.03 Å². The van der Waals surface area contributed by atoms with Crippen molar-refractivity contribution in [3.05, 3.63) is 0 Å². The molecule has 0 aromatic carbocycles. The first-order chi connectivity index (χ1) is 13.8. The molecule has 1 saturated heterocycles. The van der Waals surface area contributed by atoms with Crippen molar-refractivity contribution in [2.24, 2.45) is 17.8 Å². The van der Waals surface area contributed by atoms with Crippen LogP contribution in [0.1, 0.15) is 58.8 Å². The average molecular weight is 411 g/mol. The maximum Gasteiger partial charge on any atom is 0.321 e. The third-order valence-electron chi connectivity index (χ3n) is 5.87. The summed E-state index contributed by atoms with van der Waals surface area (Å²) in [5, 5.41) is 15.2. The maximum atomic E-state index is 13.2. The van der Waals surface area contributed by atoms with E-state index in [4.69, 9.17) is 0 Å². The lowest BCUT2D eigenvalue weighted by Gasteiger charge is -2.31. The van der Waals surface area contributed by atoms with Crippen LogP contribution in [0.4, 0.5) is 4.79 Å². The van der Waals surface area contributed by atoms with Crippen LogP contribution in [0, 0.1) is 17.8 Å². The summed E-state index contributed by atoms with van der Waals surface area (Å²) in [5.41, 5.74) is 0. The first-order valence-corrected chi connectivity index (χ1v) is 10.6. The standard InChI is InChI=1S/C20H34N4O5/c1-14(2)9-10-21-20(28)22-18(26)17-8-5-11-24(17)19(27)16(12-23(29)13-25)15-6-3-4-7-15/h13-17,29H,3-12H2,1-2H3,(H2,21,22,26,28)/t16?,17-/m0/s1. The SMILES string of the molecule is CC(C)CCNC(=O)NC(=O)[C@@H]1CCCN1C(=O)C(CN(O)C=O)C1CCCC1. The summed E-state index contributed by atoms with van der Waals surface area (Å²) < 4.78 is 0. The van der Waals surface area contributed by atoms with E-state index in [1.54, 1.807) is 0 Å². The third-order valence-corrected chi connectivity index (χ3v) is 5.87. The Hall–Kier alpha value is -2.16. The molecule has 2 fully saturated rings. The molecule has 164 valence electrons. The number of hydroxylamine groups is 2. The highest BCUT2D eigenvalue weighted by Crippen LogP contribution is 2.34. The first kappa shape index (κ1) is 23.1. The van der Waals surface area contributed by atoms with E-state index in [0.29, 0.717) is 43.3 Å². The molecule has 29 heavy (non-hydrogen) atoms. The van der Waals surface area contributed by atoms with Crippen LogP contribution in [0.25, 0.3) is 0 Å². The molecular weight excluding hydrogens is 376 g/mol. The van der Waals surface area contributed by atoms with E-state index in [2.05, 4.69) is 10.6 Å². The van der Waals surface area contributed by atoms with Crippen molar-refractivity contribution in [2.45, 2.75) is 64.8 Å². The summed E-state index contributed by atoms with van der Waals surface area (Å²) in [6.45, 7) is 4.93. The van der Waals surface area contributed by atoms with Crippen LogP contribution >= 0.6 is 0 Å². The zero-order chi connectivity index (χ0) is 21.4. The molecule has 0 radical (unpaired) electrons. The summed E-state index contributed by atoms with van der Waals surface area (Å²) in [4.78, 5) is 50.2. The van der Waals surface area contributed by atoms with Gasteiger partial charge in [-0.05, 0) is 43.9 Å². The molecular formula is C20H34N4O5. The molecule has 0 aromatic heterocycles. The van der Waals surface area contributed by atoms with Crippen LogP contribution in [-0.2, 0) is 14.4 Å². The molecule has 1 heterocycles. The van der Waals surface area contributed by atoms with E-state index in [1.807, 2.05) is 13.8 Å². The quantitative estimate of drug-likeness (QED) is 0.302. The van der Waals surface area contributed by atoms with Crippen molar-refractivity contribution in [1.29, 1.82) is 0 Å². The molecule has 0 aromatic rings. The highest BCUT2D eigenvalue weighted by Gasteiger charge is 2.41. The molecule has 5 amide bonds. The molecule has 9 nitrogen and oxygen atoms in total. The lowest BCUT2D eigenvalue weighted by atomic mass is 9.89. The highest BCUT2D eigenvalue weighted by molar-refractivity contribution is 5.99. The van der Waals surface area contributed by atoms with Crippen LogP contribution in [0.2, 0.25) is 0 Å². The van der Waals surface area contributed by atoms with E-state index in [1.165, 1.54) is 4.90 Å². The predicted molar refractivity (Wildman–Crippen MR) is 106 cm³/mol. The van der Waals surface area contributed by atoms with E-state index in [9.17, 15) is 24.4 Å². The number of rotatable bonds is 9. The Kier molecular flexibility index (Phi) is 8.88. The number of hydrogen-bond acceptors (Lipinski definition) is 5. The highest BCUT2D eigenvalue weighted by atomic mass is 16.5. The number of carbonyl (C=O) groups excluding carboxylic acids is 4. The Balaban J connectivity index is 1.99. The zero-order valence-corrected chi connectivity index (χ0v) is 17.4. The molecule has 2 rings (SSSR count). The summed E-state index contributed by atoms with van der Waals surface area (Å²) >= 11 is 0. The van der Waals surface area contributed by atoms with Gasteiger partial charge in [0, 0.05) is 13.1 Å². The van der Waals surface area contributed by atoms with Crippen LogP contribution in [0.5, 0.6) is 0 Å². The van der Waals surface area contributed by atoms with Gasteiger partial charge < -0.3 is 10.2 Å². The van der Waals surface area contributed by atoms with Gasteiger partial charge in [0.1, 0.15) is 6.04 Å². The van der Waals surface area contributed by atoms with Crippen molar-refractivity contribution in [3.8, 4) is 0 Å². The minimum Gasteiger partial charge on any atom is -0.338 e. The van der Waals surface area contributed by atoms with Crippen LogP contribution in [-0.4, -0.2) is 65.1 Å². The van der Waals surface area contributed by atoms with Gasteiger partial charge in [0.25, 0.3) is 5.91 Å². The Morgan fingerprint density at radius 1 is 1.17 bits per heavy atom. The van der Waals surface area contributed by atoms with E-state index in [-0.39, 0.29) is 18.4 Å². The summed E-state index contributed by atoms with van der Waals surface area (Å²) in [6, 6.07) is -1.25. The van der Waals surface area contributed by atoms with Crippen molar-refractivity contribution < 1.29 is 24.4 Å². The summed E-state index contributed by atoms with van der Waals surface area (Å²) in [6.07, 6.45) is 6.04. The number of urea groups is 1. The third kappa shape index (κ3) is 6.69. The van der Waals surface area contributed by atoms with E-state index >= 15 is 0 Å². The second kappa shape index (κ2) is 11.1. The van der Waals surface area contributed by atoms with Gasteiger partial charge in [0.15, 0.2) is 0 Å². The van der Waals surface area contributed by atoms with Crippen LogP contribution in [0.15, 0.2) is 0 Å². The topological polar surface area (TPSA) is 119 Å². The van der Waals surface area contributed by atoms with Crippen LogP contribution in [0.3, 0.4) is 0 Å². The number of imide groups is 1. The fourth-order valence-electron chi connectivity index (χ4n) is 4.26. The van der Waals surface area contributed by atoms with Gasteiger partial charge in [-0.2, -0.15) is 0 Å². The molecule has 9 heteroatoms. The lowest BCUT2D eigenvalue weighted by molar-refractivity contribution is -0.159. The molecule has 1 saturated carbocycles. The zero-order valence-electron chi connectivity index (χ0n) is 17.4. The van der Waals surface area contributed by atoms with Gasteiger partial charge in [0.2, 0.25) is 12.3 Å². The van der Waals surface area contributed by atoms with E-state index in [0.717, 1.165) is 32.1 Å². The van der Waals surface area contributed by atoms with Crippen molar-refractivity contribution in [3.63, 3.8) is 0 Å². The van der Waals surface area contributed by atoms with Crippen molar-refractivity contribution in [1.82, 2.24) is 20.6 Å². The number of hydrogen-bond donors (Lipinski definition) is 3.